The number of hydrogen-bond donors (Lipinski definition) is 2. The molecule has 7 heteroatoms. The van der Waals surface area contributed by atoms with E-state index in [2.05, 4.69) is 54.0 Å². The molecule has 0 unspecified atom stereocenters. The van der Waals surface area contributed by atoms with Crippen LogP contribution in [0.15, 0.2) is 43.0 Å². The maximum atomic E-state index is 9.51. The average molecular weight is 338 g/mol. The molecule has 0 aliphatic carbocycles. The fourth-order valence-corrected chi connectivity index (χ4v) is 3.53. The molecule has 1 atom stereocenters. The van der Waals surface area contributed by atoms with E-state index in [1.165, 1.54) is 5.56 Å². The molecule has 1 aliphatic heterocycles. The maximum absolute atomic E-state index is 9.51. The first kappa shape index (κ1) is 16.0. The van der Waals surface area contributed by atoms with Gasteiger partial charge in [0.1, 0.15) is 11.8 Å². The molecule has 4 rings (SSSR count). The quantitative estimate of drug-likeness (QED) is 0.732. The molecular formula is C18H22N6O. The number of piperazine rings is 1. The largest absolute Gasteiger partial charge is 0.396 e. The zero-order chi connectivity index (χ0) is 17.1. The van der Waals surface area contributed by atoms with Crippen molar-refractivity contribution in [1.29, 1.82) is 0 Å². The number of nitrogens with one attached hydrogen (secondary N) is 1. The van der Waals surface area contributed by atoms with E-state index in [0.717, 1.165) is 43.9 Å². The predicted octanol–water partition coefficient (Wildman–Crippen LogP) is 1.43. The number of benzene rings is 1. The van der Waals surface area contributed by atoms with Crippen LogP contribution in [0.2, 0.25) is 0 Å². The number of nitrogens with zero attached hydrogens (tertiary/aromatic N) is 5. The van der Waals surface area contributed by atoms with Gasteiger partial charge in [-0.25, -0.2) is 15.0 Å². The summed E-state index contributed by atoms with van der Waals surface area (Å²) in [4.78, 5) is 20.7. The van der Waals surface area contributed by atoms with Crippen LogP contribution in [0.5, 0.6) is 0 Å². The average Bonchev–Trinajstić information content (AvgIpc) is 3.13. The third-order valence-electron chi connectivity index (χ3n) is 4.80. The van der Waals surface area contributed by atoms with Crippen LogP contribution >= 0.6 is 0 Å². The van der Waals surface area contributed by atoms with E-state index < -0.39 is 0 Å². The first-order chi connectivity index (χ1) is 12.3. The van der Waals surface area contributed by atoms with Gasteiger partial charge >= 0.3 is 0 Å². The van der Waals surface area contributed by atoms with Gasteiger partial charge < -0.3 is 15.0 Å². The summed E-state index contributed by atoms with van der Waals surface area (Å²) in [6.07, 6.45) is 3.97. The van der Waals surface area contributed by atoms with E-state index in [0.29, 0.717) is 5.65 Å². The van der Waals surface area contributed by atoms with Gasteiger partial charge in [0.15, 0.2) is 11.5 Å². The lowest BCUT2D eigenvalue weighted by atomic mass is 10.1. The molecule has 0 radical (unpaired) electrons. The number of aliphatic hydroxyl groups excluding tert-OH is 1. The summed E-state index contributed by atoms with van der Waals surface area (Å²) in [6.45, 7) is 3.74. The second-order valence-corrected chi connectivity index (χ2v) is 6.37. The van der Waals surface area contributed by atoms with E-state index in [-0.39, 0.29) is 12.6 Å². The van der Waals surface area contributed by atoms with E-state index in [9.17, 15) is 5.11 Å². The Morgan fingerprint density at radius 1 is 1.12 bits per heavy atom. The van der Waals surface area contributed by atoms with Crippen molar-refractivity contribution in [3.8, 4) is 0 Å². The van der Waals surface area contributed by atoms with Crippen LogP contribution in [-0.4, -0.2) is 62.2 Å². The van der Waals surface area contributed by atoms with Crippen LogP contribution in [0.3, 0.4) is 0 Å². The molecular weight excluding hydrogens is 316 g/mol. The lowest BCUT2D eigenvalue weighted by Gasteiger charge is -2.42. The number of fused-ring (bicyclic) bond motifs is 1. The van der Waals surface area contributed by atoms with Crippen LogP contribution in [0.25, 0.3) is 11.2 Å². The van der Waals surface area contributed by atoms with Crippen molar-refractivity contribution in [2.24, 2.45) is 0 Å². The van der Waals surface area contributed by atoms with Crippen LogP contribution in [-0.2, 0) is 6.54 Å². The Morgan fingerprint density at radius 2 is 2.00 bits per heavy atom. The predicted molar refractivity (Wildman–Crippen MR) is 96.2 cm³/mol. The molecule has 2 N–H and O–H groups in total. The number of imidazole rings is 1. The number of aromatic amines is 1. The van der Waals surface area contributed by atoms with Crippen molar-refractivity contribution in [3.63, 3.8) is 0 Å². The Bertz CT molecular complexity index is 821. The Hall–Kier alpha value is -2.51. The summed E-state index contributed by atoms with van der Waals surface area (Å²) in [5, 5.41) is 9.51. The molecule has 25 heavy (non-hydrogen) atoms. The van der Waals surface area contributed by atoms with E-state index in [4.69, 9.17) is 0 Å². The molecule has 0 saturated carbocycles. The molecule has 1 aromatic carbocycles. The zero-order valence-electron chi connectivity index (χ0n) is 14.0. The van der Waals surface area contributed by atoms with E-state index in [1.807, 2.05) is 6.07 Å². The fourth-order valence-electron chi connectivity index (χ4n) is 3.53. The highest BCUT2D eigenvalue weighted by molar-refractivity contribution is 5.82. The normalized spacial score (nSPS) is 18.8. The first-order valence-electron chi connectivity index (χ1n) is 8.63. The summed E-state index contributed by atoms with van der Waals surface area (Å²) >= 11 is 0. The molecule has 3 heterocycles. The second-order valence-electron chi connectivity index (χ2n) is 6.37. The fraction of sp³-hybridized carbons (Fsp3) is 0.389. The minimum atomic E-state index is 0.188. The van der Waals surface area contributed by atoms with Gasteiger partial charge in [0.25, 0.3) is 0 Å². The minimum Gasteiger partial charge on any atom is -0.396 e. The van der Waals surface area contributed by atoms with Crippen LogP contribution < -0.4 is 4.90 Å². The molecule has 130 valence electrons. The third-order valence-corrected chi connectivity index (χ3v) is 4.80. The smallest absolute Gasteiger partial charge is 0.182 e. The number of rotatable bonds is 5. The van der Waals surface area contributed by atoms with Gasteiger partial charge in [-0.1, -0.05) is 30.3 Å². The Kier molecular flexibility index (Phi) is 4.58. The van der Waals surface area contributed by atoms with Gasteiger partial charge in [0.05, 0.1) is 6.33 Å². The highest BCUT2D eigenvalue weighted by Gasteiger charge is 2.28. The summed E-state index contributed by atoms with van der Waals surface area (Å²) < 4.78 is 0. The molecule has 2 aromatic heterocycles. The lowest BCUT2D eigenvalue weighted by molar-refractivity contribution is 0.135. The molecule has 3 aromatic rings. The van der Waals surface area contributed by atoms with E-state index >= 15 is 0 Å². The zero-order valence-corrected chi connectivity index (χ0v) is 14.0. The Labute approximate surface area is 146 Å². The topological polar surface area (TPSA) is 81.2 Å². The van der Waals surface area contributed by atoms with Gasteiger partial charge in [-0.3, -0.25) is 4.90 Å². The van der Waals surface area contributed by atoms with Crippen molar-refractivity contribution in [2.45, 2.75) is 19.0 Å². The highest BCUT2D eigenvalue weighted by Crippen LogP contribution is 2.24. The number of aliphatic hydroxyl groups is 1. The lowest BCUT2D eigenvalue weighted by Crippen LogP contribution is -2.53. The molecule has 1 fully saturated rings. The number of anilines is 1. The number of H-pyrrole nitrogens is 1. The summed E-state index contributed by atoms with van der Waals surface area (Å²) in [5.74, 6) is 0.893. The van der Waals surface area contributed by atoms with Gasteiger partial charge in [0, 0.05) is 38.8 Å². The summed E-state index contributed by atoms with van der Waals surface area (Å²) in [7, 11) is 0. The van der Waals surface area contributed by atoms with Crippen molar-refractivity contribution < 1.29 is 5.11 Å². The first-order valence-corrected chi connectivity index (χ1v) is 8.63. The van der Waals surface area contributed by atoms with Gasteiger partial charge in [-0.05, 0) is 12.0 Å². The monoisotopic (exact) mass is 338 g/mol. The van der Waals surface area contributed by atoms with Crippen LogP contribution in [0, 0.1) is 0 Å². The number of hydrogen-bond acceptors (Lipinski definition) is 6. The third kappa shape index (κ3) is 3.33. The Morgan fingerprint density at radius 3 is 2.84 bits per heavy atom. The highest BCUT2D eigenvalue weighted by atomic mass is 16.3. The van der Waals surface area contributed by atoms with Crippen LogP contribution in [0.4, 0.5) is 5.82 Å². The van der Waals surface area contributed by atoms with Gasteiger partial charge in [0.2, 0.25) is 0 Å². The standard InChI is InChI=1S/C18H22N6O/c25-9-6-15-11-24(18-16-17(20-12-19-16)21-13-22-18)8-7-23(15)10-14-4-2-1-3-5-14/h1-5,12-13,15,25H,6-11H2,(H,19,20,21,22)/t15-/m0/s1. The molecule has 0 bridgehead atoms. The van der Waals surface area contributed by atoms with Gasteiger partial charge in [-0.15, -0.1) is 0 Å². The minimum absolute atomic E-state index is 0.188. The molecule has 0 spiro atoms. The molecule has 0 amide bonds. The van der Waals surface area contributed by atoms with Crippen molar-refractivity contribution in [1.82, 2.24) is 24.8 Å². The molecule has 1 saturated heterocycles. The van der Waals surface area contributed by atoms with Gasteiger partial charge in [-0.2, -0.15) is 0 Å². The summed E-state index contributed by atoms with van der Waals surface area (Å²) in [5.41, 5.74) is 2.87. The number of aromatic nitrogens is 4. The SMILES string of the molecule is OCC[C@H]1CN(c2ncnc3nc[nH]c23)CCN1Cc1ccccc1. The van der Waals surface area contributed by atoms with Crippen molar-refractivity contribution >= 4 is 17.0 Å². The maximum Gasteiger partial charge on any atom is 0.182 e. The van der Waals surface area contributed by atoms with Crippen molar-refractivity contribution in [2.75, 3.05) is 31.1 Å². The van der Waals surface area contributed by atoms with E-state index in [1.54, 1.807) is 12.7 Å². The molecule has 7 nitrogen and oxygen atoms in total. The second kappa shape index (κ2) is 7.16. The van der Waals surface area contributed by atoms with Crippen molar-refractivity contribution in [3.05, 3.63) is 48.5 Å². The molecule has 1 aliphatic rings. The summed E-state index contributed by atoms with van der Waals surface area (Å²) in [6, 6.07) is 10.8. The van der Waals surface area contributed by atoms with Crippen LogP contribution in [0.1, 0.15) is 12.0 Å². The Balaban J connectivity index is 1.54.